The average Bonchev–Trinajstić information content (AvgIpc) is 3.42. The maximum Gasteiger partial charge on any atom is 0.306 e. The van der Waals surface area contributed by atoms with Gasteiger partial charge in [0.25, 0.3) is 0 Å². The Morgan fingerprint density at radius 1 is 0.276 bits per heavy atom. The number of unbranched alkanes of at least 4 members (excludes halogenated alkanes) is 46. The van der Waals surface area contributed by atoms with Crippen LogP contribution in [0.1, 0.15) is 374 Å². The van der Waals surface area contributed by atoms with Crippen LogP contribution in [0.5, 0.6) is 0 Å². The Labute approximate surface area is 474 Å². The highest BCUT2D eigenvalue weighted by atomic mass is 16.6. The third-order valence-corrected chi connectivity index (χ3v) is 15.4. The first-order chi connectivity index (χ1) is 37.5. The van der Waals surface area contributed by atoms with Crippen molar-refractivity contribution in [2.24, 2.45) is 0 Å². The normalized spacial score (nSPS) is 12.2. The average molecular weight is 1070 g/mol. The Balaban J connectivity index is 4.18. The maximum absolute atomic E-state index is 12.9. The van der Waals surface area contributed by atoms with Crippen molar-refractivity contribution >= 4 is 17.9 Å². The van der Waals surface area contributed by atoms with Gasteiger partial charge < -0.3 is 14.2 Å². The second kappa shape index (κ2) is 65.2. The van der Waals surface area contributed by atoms with Gasteiger partial charge in [-0.15, -0.1) is 0 Å². The molecule has 0 rings (SSSR count). The standard InChI is InChI=1S/C70H130O6/c1-4-7-10-13-16-19-22-25-28-29-30-31-32-33-34-35-36-37-38-39-40-43-45-48-51-54-57-60-63-69(72)75-66-67(76-70(73)64-61-58-55-52-49-46-42-27-24-21-18-15-12-9-6-3)65-74-68(71)62-59-56-53-50-47-44-41-26-23-20-17-14-11-8-5-2/h9,12,18,21,27,42,67H,4-8,10-11,13-17,19-20,22-26,28-41,43-66H2,1-3H3/b12-9-,21-18-,42-27-. The van der Waals surface area contributed by atoms with Gasteiger partial charge in [0.1, 0.15) is 13.2 Å². The SMILES string of the molecule is CC/C=C\C/C=C\C/C=C\CCCCCCCC(=O)OC(COC(=O)CCCCCCCCCCCCCCCCC)COC(=O)CCCCCCCCCCCCCCCCCCCCCCCCCCCCCC. The fourth-order valence-electron chi connectivity index (χ4n) is 10.3. The van der Waals surface area contributed by atoms with Gasteiger partial charge in [-0.1, -0.05) is 340 Å². The van der Waals surface area contributed by atoms with Crippen LogP contribution in [0.15, 0.2) is 36.5 Å². The van der Waals surface area contributed by atoms with Crippen molar-refractivity contribution < 1.29 is 28.6 Å². The van der Waals surface area contributed by atoms with Crippen molar-refractivity contribution in [2.45, 2.75) is 380 Å². The molecule has 76 heavy (non-hydrogen) atoms. The van der Waals surface area contributed by atoms with E-state index in [1.165, 1.54) is 238 Å². The summed E-state index contributed by atoms with van der Waals surface area (Å²) in [5.74, 6) is -0.864. The van der Waals surface area contributed by atoms with Crippen molar-refractivity contribution in [1.29, 1.82) is 0 Å². The van der Waals surface area contributed by atoms with E-state index in [4.69, 9.17) is 14.2 Å². The molecule has 0 radical (unpaired) electrons. The second-order valence-corrected chi connectivity index (χ2v) is 23.1. The Morgan fingerprint density at radius 2 is 0.513 bits per heavy atom. The van der Waals surface area contributed by atoms with Gasteiger partial charge in [-0.3, -0.25) is 14.4 Å². The Hall–Kier alpha value is -2.37. The Bertz CT molecular complexity index is 1270. The summed E-state index contributed by atoms with van der Waals surface area (Å²) in [5, 5.41) is 0. The first-order valence-corrected chi connectivity index (χ1v) is 34.0. The zero-order valence-corrected chi connectivity index (χ0v) is 51.3. The first-order valence-electron chi connectivity index (χ1n) is 34.0. The lowest BCUT2D eigenvalue weighted by molar-refractivity contribution is -0.167. The molecule has 0 aromatic rings. The molecule has 6 heteroatoms. The molecular weight excluding hydrogens is 937 g/mol. The summed E-state index contributed by atoms with van der Waals surface area (Å²) in [7, 11) is 0. The van der Waals surface area contributed by atoms with Gasteiger partial charge in [0.05, 0.1) is 0 Å². The largest absolute Gasteiger partial charge is 0.462 e. The number of hydrogen-bond donors (Lipinski definition) is 0. The number of hydrogen-bond acceptors (Lipinski definition) is 6. The van der Waals surface area contributed by atoms with Crippen LogP contribution in [-0.2, 0) is 28.6 Å². The quantitative estimate of drug-likeness (QED) is 0.0261. The number of allylic oxidation sites excluding steroid dienone is 6. The highest BCUT2D eigenvalue weighted by Crippen LogP contribution is 2.19. The Morgan fingerprint density at radius 3 is 0.803 bits per heavy atom. The minimum atomic E-state index is -0.778. The fourth-order valence-corrected chi connectivity index (χ4v) is 10.3. The van der Waals surface area contributed by atoms with Crippen molar-refractivity contribution in [3.05, 3.63) is 36.5 Å². The zero-order valence-electron chi connectivity index (χ0n) is 51.3. The van der Waals surface area contributed by atoms with Gasteiger partial charge in [-0.25, -0.2) is 0 Å². The fraction of sp³-hybridized carbons (Fsp3) is 0.871. The smallest absolute Gasteiger partial charge is 0.306 e. The van der Waals surface area contributed by atoms with Crippen molar-refractivity contribution in [2.75, 3.05) is 13.2 Å². The molecule has 0 amide bonds. The molecule has 0 aliphatic carbocycles. The highest BCUT2D eigenvalue weighted by molar-refractivity contribution is 5.71. The molecule has 0 spiro atoms. The molecule has 6 nitrogen and oxygen atoms in total. The van der Waals surface area contributed by atoms with Crippen molar-refractivity contribution in [3.8, 4) is 0 Å². The second-order valence-electron chi connectivity index (χ2n) is 23.1. The number of carbonyl (C=O) groups is 3. The van der Waals surface area contributed by atoms with Crippen LogP contribution in [0, 0.1) is 0 Å². The van der Waals surface area contributed by atoms with Crippen LogP contribution in [0.25, 0.3) is 0 Å². The first kappa shape index (κ1) is 73.6. The van der Waals surface area contributed by atoms with Crippen molar-refractivity contribution in [1.82, 2.24) is 0 Å². The zero-order chi connectivity index (χ0) is 55.0. The van der Waals surface area contributed by atoms with Crippen LogP contribution in [0.3, 0.4) is 0 Å². The number of rotatable bonds is 63. The molecule has 0 saturated carbocycles. The highest BCUT2D eigenvalue weighted by Gasteiger charge is 2.19. The summed E-state index contributed by atoms with van der Waals surface area (Å²) in [5.41, 5.74) is 0. The molecule has 446 valence electrons. The predicted molar refractivity (Wildman–Crippen MR) is 330 cm³/mol. The van der Waals surface area contributed by atoms with E-state index in [1.54, 1.807) is 0 Å². The van der Waals surface area contributed by atoms with Gasteiger partial charge in [0, 0.05) is 19.3 Å². The third-order valence-electron chi connectivity index (χ3n) is 15.4. The van der Waals surface area contributed by atoms with Crippen LogP contribution in [0.2, 0.25) is 0 Å². The van der Waals surface area contributed by atoms with Gasteiger partial charge in [-0.2, -0.15) is 0 Å². The monoisotopic (exact) mass is 1070 g/mol. The minimum absolute atomic E-state index is 0.0738. The molecule has 1 atom stereocenters. The maximum atomic E-state index is 12.9. The lowest BCUT2D eigenvalue weighted by atomic mass is 10.0. The summed E-state index contributed by atoms with van der Waals surface area (Å²) in [6.07, 6.45) is 80.3. The van der Waals surface area contributed by atoms with E-state index in [0.29, 0.717) is 19.3 Å². The summed E-state index contributed by atoms with van der Waals surface area (Å²) < 4.78 is 16.9. The van der Waals surface area contributed by atoms with E-state index in [9.17, 15) is 14.4 Å². The van der Waals surface area contributed by atoms with Gasteiger partial charge in [-0.05, 0) is 51.4 Å². The lowest BCUT2D eigenvalue weighted by Gasteiger charge is -2.18. The van der Waals surface area contributed by atoms with Gasteiger partial charge in [0.2, 0.25) is 0 Å². The van der Waals surface area contributed by atoms with Crippen LogP contribution < -0.4 is 0 Å². The van der Waals surface area contributed by atoms with E-state index in [1.807, 2.05) is 0 Å². The third kappa shape index (κ3) is 62.5. The molecule has 0 heterocycles. The topological polar surface area (TPSA) is 78.9 Å². The number of carbonyl (C=O) groups excluding carboxylic acids is 3. The van der Waals surface area contributed by atoms with Crippen LogP contribution in [0.4, 0.5) is 0 Å². The molecule has 1 unspecified atom stereocenters. The summed E-state index contributed by atoms with van der Waals surface area (Å²) in [6.45, 7) is 6.58. The molecule has 0 N–H and O–H groups in total. The predicted octanol–water partition coefficient (Wildman–Crippen LogP) is 23.2. The van der Waals surface area contributed by atoms with E-state index in [2.05, 4.69) is 57.2 Å². The van der Waals surface area contributed by atoms with Crippen LogP contribution in [-0.4, -0.2) is 37.2 Å². The summed E-state index contributed by atoms with van der Waals surface area (Å²) in [6, 6.07) is 0. The van der Waals surface area contributed by atoms with E-state index < -0.39 is 6.10 Å². The summed E-state index contributed by atoms with van der Waals surface area (Å²) in [4.78, 5) is 38.3. The molecule has 0 aromatic heterocycles. The molecule has 0 aliphatic heterocycles. The number of ether oxygens (including phenoxy) is 3. The lowest BCUT2D eigenvalue weighted by Crippen LogP contribution is -2.30. The van der Waals surface area contributed by atoms with Gasteiger partial charge >= 0.3 is 17.9 Å². The van der Waals surface area contributed by atoms with E-state index in [0.717, 1.165) is 96.3 Å². The molecular formula is C70H130O6. The van der Waals surface area contributed by atoms with Crippen LogP contribution >= 0.6 is 0 Å². The summed E-state index contributed by atoms with van der Waals surface area (Å²) >= 11 is 0. The van der Waals surface area contributed by atoms with E-state index in [-0.39, 0.29) is 31.1 Å². The minimum Gasteiger partial charge on any atom is -0.462 e. The Kier molecular flexibility index (Phi) is 63.1. The van der Waals surface area contributed by atoms with Gasteiger partial charge in [0.15, 0.2) is 6.10 Å². The number of esters is 3. The molecule has 0 bridgehead atoms. The molecule has 0 aromatic carbocycles. The molecule has 0 aliphatic rings. The van der Waals surface area contributed by atoms with E-state index >= 15 is 0 Å². The molecule has 0 saturated heterocycles. The van der Waals surface area contributed by atoms with Crippen molar-refractivity contribution in [3.63, 3.8) is 0 Å². The molecule has 0 fully saturated rings.